The predicted molar refractivity (Wildman–Crippen MR) is 108 cm³/mol. The van der Waals surface area contributed by atoms with Crippen molar-refractivity contribution in [1.29, 1.82) is 0 Å². The number of nitrogens with one attached hydrogen (secondary N) is 1. The van der Waals surface area contributed by atoms with Crippen molar-refractivity contribution < 1.29 is 19.0 Å². The fourth-order valence-corrected chi connectivity index (χ4v) is 3.74. The third-order valence-corrected chi connectivity index (χ3v) is 5.07. The van der Waals surface area contributed by atoms with E-state index in [-0.39, 0.29) is 18.1 Å². The van der Waals surface area contributed by atoms with E-state index in [1.165, 1.54) is 6.92 Å². The number of halogens is 1. The van der Waals surface area contributed by atoms with Crippen molar-refractivity contribution >= 4 is 17.5 Å². The number of alkyl halides is 1. The normalized spacial score (nSPS) is 27.3. The van der Waals surface area contributed by atoms with Crippen LogP contribution in [0.3, 0.4) is 0 Å². The Morgan fingerprint density at radius 2 is 1.46 bits per heavy atom. The van der Waals surface area contributed by atoms with E-state index in [1.807, 2.05) is 67.6 Å². The molecule has 1 aliphatic heterocycles. The second-order valence-corrected chi connectivity index (χ2v) is 7.37. The molecule has 1 saturated heterocycles. The van der Waals surface area contributed by atoms with Crippen LogP contribution in [-0.4, -0.2) is 35.8 Å². The van der Waals surface area contributed by atoms with Crippen molar-refractivity contribution in [3.05, 3.63) is 71.8 Å². The summed E-state index contributed by atoms with van der Waals surface area (Å²) >= 11 is 6.45. The van der Waals surface area contributed by atoms with E-state index in [0.717, 1.165) is 11.1 Å². The van der Waals surface area contributed by atoms with Gasteiger partial charge in [0.2, 0.25) is 5.91 Å². The van der Waals surface area contributed by atoms with Crippen LogP contribution in [0.25, 0.3) is 0 Å². The molecule has 5 nitrogen and oxygen atoms in total. The van der Waals surface area contributed by atoms with Gasteiger partial charge in [0.15, 0.2) is 5.56 Å². The molecule has 0 saturated carbocycles. The number of benzene rings is 2. The number of carbonyl (C=O) groups is 1. The van der Waals surface area contributed by atoms with Gasteiger partial charge in [0.1, 0.15) is 12.2 Å². The molecule has 5 atom stereocenters. The fourth-order valence-electron chi connectivity index (χ4n) is 3.35. The molecule has 0 aliphatic carbocycles. The smallest absolute Gasteiger partial charge is 0.217 e. The van der Waals surface area contributed by atoms with Gasteiger partial charge in [-0.3, -0.25) is 4.79 Å². The van der Waals surface area contributed by atoms with Crippen molar-refractivity contribution in [2.24, 2.45) is 0 Å². The number of amides is 1. The van der Waals surface area contributed by atoms with Crippen LogP contribution in [0.4, 0.5) is 0 Å². The Balaban J connectivity index is 1.73. The number of rotatable bonds is 7. The molecule has 3 rings (SSSR count). The van der Waals surface area contributed by atoms with Gasteiger partial charge in [-0.05, 0) is 18.1 Å². The SMILES string of the molecule is CC(=O)N[C@H]1[C@@H](OCc2ccccc2)[C@@H](C)O[C@H](Cl)[C@@H]1OCc1ccccc1. The second kappa shape index (κ2) is 10.0. The summed E-state index contributed by atoms with van der Waals surface area (Å²) in [4.78, 5) is 11.9. The fraction of sp³-hybridized carbons (Fsp3) is 0.409. The Bertz CT molecular complexity index is 687. The standard InChI is InChI=1S/C22H26ClNO4/c1-15-20(26-13-17-9-5-3-6-10-17)19(24-16(2)25)21(22(23)28-15)27-14-18-11-7-4-8-12-18/h3-12,15,19-22H,13-14H2,1-2H3,(H,24,25)/t15-,19+,20+,21-,22+/m1/s1. The highest BCUT2D eigenvalue weighted by Crippen LogP contribution is 2.29. The predicted octanol–water partition coefficient (Wildman–Crippen LogP) is 3.65. The third-order valence-electron chi connectivity index (χ3n) is 4.71. The molecule has 150 valence electrons. The highest BCUT2D eigenvalue weighted by Gasteiger charge is 2.45. The lowest BCUT2D eigenvalue weighted by molar-refractivity contribution is -0.191. The number of ether oxygens (including phenoxy) is 3. The molecular formula is C22H26ClNO4. The van der Waals surface area contributed by atoms with Gasteiger partial charge in [0, 0.05) is 6.92 Å². The van der Waals surface area contributed by atoms with Gasteiger partial charge in [0.25, 0.3) is 0 Å². The highest BCUT2D eigenvalue weighted by molar-refractivity contribution is 6.20. The average Bonchev–Trinajstić information content (AvgIpc) is 2.68. The average molecular weight is 404 g/mol. The van der Waals surface area contributed by atoms with Crippen LogP contribution in [0.15, 0.2) is 60.7 Å². The van der Waals surface area contributed by atoms with Crippen molar-refractivity contribution in [2.45, 2.75) is 57.0 Å². The lowest BCUT2D eigenvalue weighted by atomic mass is 9.97. The third kappa shape index (κ3) is 5.55. The molecule has 28 heavy (non-hydrogen) atoms. The van der Waals surface area contributed by atoms with Crippen molar-refractivity contribution in [3.8, 4) is 0 Å². The van der Waals surface area contributed by atoms with Gasteiger partial charge in [0.05, 0.1) is 25.4 Å². The molecule has 2 aromatic carbocycles. The topological polar surface area (TPSA) is 56.8 Å². The summed E-state index contributed by atoms with van der Waals surface area (Å²) in [5, 5.41) is 2.96. The first-order chi connectivity index (χ1) is 13.5. The Hall–Kier alpha value is -1.92. The molecule has 0 unspecified atom stereocenters. The Morgan fingerprint density at radius 1 is 0.964 bits per heavy atom. The zero-order chi connectivity index (χ0) is 19.9. The first kappa shape index (κ1) is 20.8. The minimum Gasteiger partial charge on any atom is -0.369 e. The van der Waals surface area contributed by atoms with Crippen molar-refractivity contribution in [2.75, 3.05) is 0 Å². The van der Waals surface area contributed by atoms with E-state index in [0.29, 0.717) is 13.2 Å². The maximum absolute atomic E-state index is 11.9. The molecule has 0 spiro atoms. The molecule has 2 aromatic rings. The molecule has 0 aromatic heterocycles. The largest absolute Gasteiger partial charge is 0.369 e. The summed E-state index contributed by atoms with van der Waals surface area (Å²) in [6, 6.07) is 19.3. The molecule has 1 heterocycles. The van der Waals surface area contributed by atoms with Crippen LogP contribution in [0.1, 0.15) is 25.0 Å². The minimum absolute atomic E-state index is 0.162. The maximum atomic E-state index is 11.9. The Labute approximate surface area is 170 Å². The molecule has 1 N–H and O–H groups in total. The Kier molecular flexibility index (Phi) is 7.45. The molecule has 1 fully saturated rings. The summed E-state index contributed by atoms with van der Waals surface area (Å²) in [7, 11) is 0. The van der Waals surface area contributed by atoms with Crippen molar-refractivity contribution in [1.82, 2.24) is 5.32 Å². The van der Waals surface area contributed by atoms with Gasteiger partial charge < -0.3 is 19.5 Å². The quantitative estimate of drug-likeness (QED) is 0.717. The first-order valence-corrected chi connectivity index (χ1v) is 9.86. The first-order valence-electron chi connectivity index (χ1n) is 9.42. The zero-order valence-corrected chi connectivity index (χ0v) is 16.8. The summed E-state index contributed by atoms with van der Waals surface area (Å²) in [5.41, 5.74) is 1.38. The summed E-state index contributed by atoms with van der Waals surface area (Å²) in [6.07, 6.45) is -1.22. The minimum atomic E-state index is -0.688. The lowest BCUT2D eigenvalue weighted by Crippen LogP contribution is -2.63. The van der Waals surface area contributed by atoms with Crippen LogP contribution in [0.2, 0.25) is 0 Å². The van der Waals surface area contributed by atoms with Crippen LogP contribution < -0.4 is 5.32 Å². The van der Waals surface area contributed by atoms with E-state index in [4.69, 9.17) is 25.8 Å². The molecule has 6 heteroatoms. The van der Waals surface area contributed by atoms with Crippen LogP contribution >= 0.6 is 11.6 Å². The van der Waals surface area contributed by atoms with E-state index >= 15 is 0 Å². The monoisotopic (exact) mass is 403 g/mol. The van der Waals surface area contributed by atoms with E-state index < -0.39 is 17.7 Å². The van der Waals surface area contributed by atoms with Crippen molar-refractivity contribution in [3.63, 3.8) is 0 Å². The number of carbonyl (C=O) groups excluding carboxylic acids is 1. The van der Waals surface area contributed by atoms with Gasteiger partial charge in [-0.2, -0.15) is 0 Å². The highest BCUT2D eigenvalue weighted by atomic mass is 35.5. The number of hydrogen-bond acceptors (Lipinski definition) is 4. The number of hydrogen-bond donors (Lipinski definition) is 1. The summed E-state index contributed by atoms with van der Waals surface area (Å²) in [5.74, 6) is -0.162. The van der Waals surface area contributed by atoms with E-state index in [2.05, 4.69) is 5.32 Å². The second-order valence-electron chi connectivity index (χ2n) is 6.94. The van der Waals surface area contributed by atoms with E-state index in [1.54, 1.807) is 0 Å². The van der Waals surface area contributed by atoms with E-state index in [9.17, 15) is 4.79 Å². The van der Waals surface area contributed by atoms with Crippen LogP contribution in [0.5, 0.6) is 0 Å². The molecule has 1 amide bonds. The molecule has 0 radical (unpaired) electrons. The van der Waals surface area contributed by atoms with Crippen LogP contribution in [-0.2, 0) is 32.2 Å². The molecular weight excluding hydrogens is 378 g/mol. The molecule has 0 bridgehead atoms. The van der Waals surface area contributed by atoms with Gasteiger partial charge in [-0.25, -0.2) is 0 Å². The van der Waals surface area contributed by atoms with Crippen LogP contribution in [0, 0.1) is 0 Å². The zero-order valence-electron chi connectivity index (χ0n) is 16.1. The van der Waals surface area contributed by atoms with Gasteiger partial charge >= 0.3 is 0 Å². The molecule has 1 aliphatic rings. The lowest BCUT2D eigenvalue weighted by Gasteiger charge is -2.43. The summed E-state index contributed by atoms with van der Waals surface area (Å²) in [6.45, 7) is 4.15. The van der Waals surface area contributed by atoms with Gasteiger partial charge in [-0.1, -0.05) is 72.3 Å². The Morgan fingerprint density at radius 3 is 1.96 bits per heavy atom. The summed E-state index contributed by atoms with van der Waals surface area (Å²) < 4.78 is 18.1. The van der Waals surface area contributed by atoms with Gasteiger partial charge in [-0.15, -0.1) is 0 Å². The maximum Gasteiger partial charge on any atom is 0.217 e.